The molecule has 3 rings (SSSR count). The van der Waals surface area contributed by atoms with E-state index in [-0.39, 0.29) is 16.9 Å². The quantitative estimate of drug-likeness (QED) is 0.694. The van der Waals surface area contributed by atoms with Crippen molar-refractivity contribution < 1.29 is 26.0 Å². The number of sulfonamides is 1. The smallest absolute Gasteiger partial charge is 0.356 e. The number of hydrogen-bond donors (Lipinski definition) is 1. The Hall–Kier alpha value is -1.53. The Morgan fingerprint density at radius 3 is 2.74 bits per heavy atom. The van der Waals surface area contributed by atoms with Gasteiger partial charge in [0.15, 0.2) is 0 Å². The second kappa shape index (κ2) is 7.47. The molecule has 27 heavy (non-hydrogen) atoms. The third-order valence-corrected chi connectivity index (χ3v) is 6.11. The van der Waals surface area contributed by atoms with E-state index < -0.39 is 21.3 Å². The molecule has 1 aromatic heterocycles. The van der Waals surface area contributed by atoms with Crippen molar-refractivity contribution in [2.75, 3.05) is 24.5 Å². The summed E-state index contributed by atoms with van der Waals surface area (Å²) < 4.78 is 75.5. The van der Waals surface area contributed by atoms with Crippen LogP contribution in [0.15, 0.2) is 22.9 Å². The third-order valence-electron chi connectivity index (χ3n) is 4.34. The van der Waals surface area contributed by atoms with Gasteiger partial charge in [0.1, 0.15) is 18.0 Å². The summed E-state index contributed by atoms with van der Waals surface area (Å²) in [4.78, 5) is 10.1. The Morgan fingerprint density at radius 2 is 2.04 bits per heavy atom. The number of halogens is 5. The summed E-state index contributed by atoms with van der Waals surface area (Å²) in [5, 5.41) is 0.481. The molecule has 1 aliphatic heterocycles. The van der Waals surface area contributed by atoms with Crippen molar-refractivity contribution in [1.29, 1.82) is 0 Å². The highest BCUT2D eigenvalue weighted by Crippen LogP contribution is 2.30. The second-order valence-corrected chi connectivity index (χ2v) is 8.85. The minimum Gasteiger partial charge on any atom is -0.356 e. The van der Waals surface area contributed by atoms with Gasteiger partial charge < -0.3 is 4.90 Å². The van der Waals surface area contributed by atoms with E-state index >= 15 is 0 Å². The lowest BCUT2D eigenvalue weighted by Crippen LogP contribution is -2.44. The Morgan fingerprint density at radius 1 is 1.30 bits per heavy atom. The molecular formula is C15H15BrF4N4O2S. The largest absolute Gasteiger partial charge is 0.511 e. The van der Waals surface area contributed by atoms with Gasteiger partial charge in [-0.2, -0.15) is 13.2 Å². The van der Waals surface area contributed by atoms with Crippen LogP contribution in [0.1, 0.15) is 12.8 Å². The zero-order chi connectivity index (χ0) is 19.8. The Labute approximate surface area is 161 Å². The van der Waals surface area contributed by atoms with Crippen LogP contribution >= 0.6 is 15.9 Å². The Bertz CT molecular complexity index is 955. The fourth-order valence-corrected chi connectivity index (χ4v) is 3.97. The summed E-state index contributed by atoms with van der Waals surface area (Å²) >= 11 is 3.10. The van der Waals surface area contributed by atoms with E-state index in [0.717, 1.165) is 0 Å². The molecule has 0 spiro atoms. The first-order valence-electron chi connectivity index (χ1n) is 7.99. The number of alkyl halides is 3. The summed E-state index contributed by atoms with van der Waals surface area (Å²) in [5.41, 5.74) is -4.82. The summed E-state index contributed by atoms with van der Waals surface area (Å²) in [6, 6.07) is 2.82. The van der Waals surface area contributed by atoms with Gasteiger partial charge in [-0.1, -0.05) is 0 Å². The van der Waals surface area contributed by atoms with Crippen molar-refractivity contribution in [3.63, 3.8) is 0 Å². The van der Waals surface area contributed by atoms with Crippen LogP contribution in [0.3, 0.4) is 0 Å². The van der Waals surface area contributed by atoms with Gasteiger partial charge in [-0.15, -0.1) is 0 Å². The van der Waals surface area contributed by atoms with E-state index in [1.807, 2.05) is 4.90 Å². The molecular weight excluding hydrogens is 456 g/mol. The van der Waals surface area contributed by atoms with Crippen LogP contribution in [0.2, 0.25) is 0 Å². The number of aromatic nitrogens is 2. The average Bonchev–Trinajstić information content (AvgIpc) is 2.60. The van der Waals surface area contributed by atoms with E-state index in [1.165, 1.54) is 18.5 Å². The number of rotatable bonds is 4. The second-order valence-electron chi connectivity index (χ2n) is 6.23. The molecule has 1 aromatic carbocycles. The van der Waals surface area contributed by atoms with Crippen molar-refractivity contribution >= 4 is 42.7 Å². The van der Waals surface area contributed by atoms with Crippen LogP contribution in [0.4, 0.5) is 23.4 Å². The van der Waals surface area contributed by atoms with Crippen LogP contribution in [0.25, 0.3) is 10.9 Å². The average molecular weight is 471 g/mol. The lowest BCUT2D eigenvalue weighted by Gasteiger charge is -2.34. The first kappa shape index (κ1) is 20.2. The maximum Gasteiger partial charge on any atom is 0.511 e. The van der Waals surface area contributed by atoms with E-state index in [2.05, 4.69) is 25.9 Å². The highest BCUT2D eigenvalue weighted by molar-refractivity contribution is 9.10. The molecule has 1 atom stereocenters. The standard InChI is InChI=1S/C15H15BrF4N4O2S/c16-11-5-13-10(4-12(11)17)14(22-8-21-13)24-3-1-2-9(7-24)6-23-27(25,26)15(18,19)20/h4-5,8-9,23H,1-3,6-7H2. The van der Waals surface area contributed by atoms with Gasteiger partial charge in [0.05, 0.1) is 9.99 Å². The van der Waals surface area contributed by atoms with Crippen LogP contribution in [-0.2, 0) is 10.0 Å². The van der Waals surface area contributed by atoms with E-state index in [0.29, 0.717) is 42.7 Å². The number of piperidine rings is 1. The Kier molecular flexibility index (Phi) is 5.59. The minimum absolute atomic E-state index is 0.262. The fraction of sp³-hybridized carbons (Fsp3) is 0.467. The molecule has 0 amide bonds. The highest BCUT2D eigenvalue weighted by atomic mass is 79.9. The van der Waals surface area contributed by atoms with Crippen molar-refractivity contribution in [3.8, 4) is 0 Å². The molecule has 1 fully saturated rings. The minimum atomic E-state index is -5.37. The van der Waals surface area contributed by atoms with Gasteiger partial charge in [0, 0.05) is 25.0 Å². The molecule has 148 valence electrons. The molecule has 0 saturated carbocycles. The predicted molar refractivity (Wildman–Crippen MR) is 95.1 cm³/mol. The van der Waals surface area contributed by atoms with Crippen LogP contribution in [0.5, 0.6) is 0 Å². The van der Waals surface area contributed by atoms with Crippen LogP contribution in [0, 0.1) is 11.7 Å². The van der Waals surface area contributed by atoms with Crippen LogP contribution < -0.4 is 9.62 Å². The molecule has 1 unspecified atom stereocenters. The first-order valence-corrected chi connectivity index (χ1v) is 10.3. The molecule has 6 nitrogen and oxygen atoms in total. The van der Waals surface area contributed by atoms with Gasteiger partial charge in [0.25, 0.3) is 0 Å². The van der Waals surface area contributed by atoms with Gasteiger partial charge in [-0.25, -0.2) is 27.5 Å². The molecule has 1 saturated heterocycles. The molecule has 1 N–H and O–H groups in total. The normalized spacial score (nSPS) is 18.9. The first-order chi connectivity index (χ1) is 12.6. The predicted octanol–water partition coefficient (Wildman–Crippen LogP) is 3.19. The van der Waals surface area contributed by atoms with Gasteiger partial charge in [0.2, 0.25) is 0 Å². The summed E-state index contributed by atoms with van der Waals surface area (Å²) in [7, 11) is -5.37. The molecule has 1 aliphatic rings. The lowest BCUT2D eigenvalue weighted by atomic mass is 9.98. The van der Waals surface area contributed by atoms with Crippen molar-refractivity contribution in [2.24, 2.45) is 5.92 Å². The molecule has 0 bridgehead atoms. The van der Waals surface area contributed by atoms with Crippen LogP contribution in [-0.4, -0.2) is 43.5 Å². The SMILES string of the molecule is O=S(=O)(NCC1CCCN(c2ncnc3cc(Br)c(F)cc23)C1)C(F)(F)F. The Balaban J connectivity index is 1.79. The molecule has 2 heterocycles. The van der Waals surface area contributed by atoms with Crippen molar-refractivity contribution in [1.82, 2.24) is 14.7 Å². The number of fused-ring (bicyclic) bond motifs is 1. The van der Waals surface area contributed by atoms with E-state index in [1.54, 1.807) is 4.72 Å². The summed E-state index contributed by atoms with van der Waals surface area (Å²) in [6.45, 7) is 0.539. The van der Waals surface area contributed by atoms with Gasteiger partial charge in [-0.05, 0) is 46.8 Å². The molecule has 0 radical (unpaired) electrons. The number of benzene rings is 1. The summed E-state index contributed by atoms with van der Waals surface area (Å²) in [6.07, 6.45) is 2.54. The lowest BCUT2D eigenvalue weighted by molar-refractivity contribution is -0.0448. The summed E-state index contributed by atoms with van der Waals surface area (Å²) in [5.74, 6) is -0.346. The number of hydrogen-bond acceptors (Lipinski definition) is 5. The van der Waals surface area contributed by atoms with Gasteiger partial charge >= 0.3 is 15.5 Å². The van der Waals surface area contributed by atoms with E-state index in [4.69, 9.17) is 0 Å². The zero-order valence-corrected chi connectivity index (χ0v) is 16.2. The van der Waals surface area contributed by atoms with E-state index in [9.17, 15) is 26.0 Å². The maximum absolute atomic E-state index is 13.9. The topological polar surface area (TPSA) is 75.2 Å². The number of nitrogens with zero attached hydrogens (tertiary/aromatic N) is 3. The maximum atomic E-state index is 13.9. The highest BCUT2D eigenvalue weighted by Gasteiger charge is 2.45. The number of nitrogens with one attached hydrogen (secondary N) is 1. The monoisotopic (exact) mass is 470 g/mol. The van der Waals surface area contributed by atoms with Crippen molar-refractivity contribution in [2.45, 2.75) is 18.3 Å². The third kappa shape index (κ3) is 4.32. The fourth-order valence-electron chi connectivity index (χ4n) is 3.02. The molecule has 12 heteroatoms. The molecule has 2 aromatic rings. The number of anilines is 1. The van der Waals surface area contributed by atoms with Crippen molar-refractivity contribution in [3.05, 3.63) is 28.7 Å². The van der Waals surface area contributed by atoms with Gasteiger partial charge in [-0.3, -0.25) is 0 Å². The zero-order valence-electron chi connectivity index (χ0n) is 13.8. The molecule has 0 aliphatic carbocycles.